The molecule has 0 fully saturated rings. The maximum absolute atomic E-state index is 13.4. The summed E-state index contributed by atoms with van der Waals surface area (Å²) in [7, 11) is 1.75. The number of hydrogen-bond donors (Lipinski definition) is 1. The minimum absolute atomic E-state index is 0.141. The molecule has 2 N–H and O–H groups in total. The van der Waals surface area contributed by atoms with E-state index in [9.17, 15) is 8.78 Å². The van der Waals surface area contributed by atoms with E-state index in [1.807, 2.05) is 0 Å². The molecular weight excluding hydrogens is 240 g/mol. The van der Waals surface area contributed by atoms with Gasteiger partial charge < -0.3 is 10.5 Å². The number of aromatic nitrogens is 2. The van der Waals surface area contributed by atoms with Crippen molar-refractivity contribution in [2.45, 2.75) is 6.10 Å². The van der Waals surface area contributed by atoms with Gasteiger partial charge in [-0.15, -0.1) is 0 Å². The van der Waals surface area contributed by atoms with Crippen molar-refractivity contribution >= 4 is 0 Å². The number of ether oxygens (including phenoxy) is 1. The van der Waals surface area contributed by atoms with Gasteiger partial charge in [0.05, 0.1) is 6.20 Å². The average Bonchev–Trinajstić information content (AvgIpc) is 2.77. The van der Waals surface area contributed by atoms with Gasteiger partial charge in [-0.2, -0.15) is 5.10 Å². The summed E-state index contributed by atoms with van der Waals surface area (Å²) in [5.74, 6) is -1.35. The highest BCUT2D eigenvalue weighted by Gasteiger charge is 2.16. The van der Waals surface area contributed by atoms with E-state index < -0.39 is 17.7 Å². The predicted octanol–water partition coefficient (Wildman–Crippen LogP) is 1.78. The highest BCUT2D eigenvalue weighted by atomic mass is 19.1. The average molecular weight is 253 g/mol. The molecule has 0 bridgehead atoms. The van der Waals surface area contributed by atoms with Gasteiger partial charge >= 0.3 is 0 Å². The minimum Gasteiger partial charge on any atom is -0.481 e. The van der Waals surface area contributed by atoms with E-state index in [1.165, 1.54) is 0 Å². The van der Waals surface area contributed by atoms with Crippen molar-refractivity contribution in [2.75, 3.05) is 6.54 Å². The number of nitrogens with zero attached hydrogens (tertiary/aromatic N) is 2. The summed E-state index contributed by atoms with van der Waals surface area (Å²) in [6.45, 7) is 0.141. The van der Waals surface area contributed by atoms with Crippen LogP contribution in [-0.2, 0) is 7.05 Å². The fourth-order valence-corrected chi connectivity index (χ4v) is 1.58. The third-order valence-electron chi connectivity index (χ3n) is 2.47. The number of halogens is 2. The van der Waals surface area contributed by atoms with Crippen molar-refractivity contribution < 1.29 is 13.5 Å². The van der Waals surface area contributed by atoms with Gasteiger partial charge in [0.25, 0.3) is 0 Å². The number of rotatable bonds is 4. The Morgan fingerprint density at radius 2 is 2.22 bits per heavy atom. The van der Waals surface area contributed by atoms with Crippen molar-refractivity contribution in [3.63, 3.8) is 0 Å². The van der Waals surface area contributed by atoms with Gasteiger partial charge in [0.15, 0.2) is 11.6 Å². The van der Waals surface area contributed by atoms with E-state index >= 15 is 0 Å². The summed E-state index contributed by atoms with van der Waals surface area (Å²) in [6, 6.07) is 3.04. The molecule has 1 aromatic carbocycles. The molecule has 4 nitrogen and oxygen atoms in total. The topological polar surface area (TPSA) is 53.1 Å². The van der Waals surface area contributed by atoms with Crippen LogP contribution in [0.2, 0.25) is 0 Å². The zero-order chi connectivity index (χ0) is 13.1. The van der Waals surface area contributed by atoms with E-state index in [0.717, 1.165) is 18.2 Å². The number of benzene rings is 1. The van der Waals surface area contributed by atoms with Crippen LogP contribution in [0.1, 0.15) is 11.7 Å². The molecule has 18 heavy (non-hydrogen) atoms. The maximum atomic E-state index is 13.4. The Balaban J connectivity index is 2.22. The smallest absolute Gasteiger partial charge is 0.165 e. The van der Waals surface area contributed by atoms with Gasteiger partial charge in [-0.3, -0.25) is 4.68 Å². The van der Waals surface area contributed by atoms with Gasteiger partial charge in [0, 0.05) is 31.4 Å². The molecule has 1 unspecified atom stereocenters. The molecule has 0 amide bonds. The highest BCUT2D eigenvalue weighted by Crippen LogP contribution is 2.24. The van der Waals surface area contributed by atoms with Crippen LogP contribution < -0.4 is 10.5 Å². The van der Waals surface area contributed by atoms with Crippen LogP contribution in [0.25, 0.3) is 0 Å². The number of hydrogen-bond acceptors (Lipinski definition) is 3. The first-order chi connectivity index (χ1) is 8.60. The molecule has 96 valence electrons. The highest BCUT2D eigenvalue weighted by molar-refractivity contribution is 5.26. The van der Waals surface area contributed by atoms with E-state index in [0.29, 0.717) is 5.56 Å². The fourth-order valence-electron chi connectivity index (χ4n) is 1.58. The molecule has 0 radical (unpaired) electrons. The van der Waals surface area contributed by atoms with E-state index in [4.69, 9.17) is 10.5 Å². The molecule has 0 aliphatic carbocycles. The monoisotopic (exact) mass is 253 g/mol. The lowest BCUT2D eigenvalue weighted by atomic mass is 10.2. The zero-order valence-corrected chi connectivity index (χ0v) is 9.81. The standard InChI is InChI=1S/C12H13F2N3O/c1-17-7-8(6-16-17)12(5-15)18-11-4-9(13)2-3-10(11)14/h2-4,6-7,12H,5,15H2,1H3. The SMILES string of the molecule is Cn1cc(C(CN)Oc2cc(F)ccc2F)cn1. The van der Waals surface area contributed by atoms with Crippen LogP contribution >= 0.6 is 0 Å². The summed E-state index contributed by atoms with van der Waals surface area (Å²) in [4.78, 5) is 0. The summed E-state index contributed by atoms with van der Waals surface area (Å²) in [5, 5.41) is 3.98. The summed E-state index contributed by atoms with van der Waals surface area (Å²) < 4.78 is 33.4. The molecule has 1 aromatic heterocycles. The zero-order valence-electron chi connectivity index (χ0n) is 9.81. The fraction of sp³-hybridized carbons (Fsp3) is 0.250. The lowest BCUT2D eigenvalue weighted by molar-refractivity contribution is 0.203. The van der Waals surface area contributed by atoms with Crippen LogP contribution in [0.5, 0.6) is 5.75 Å². The Kier molecular flexibility index (Phi) is 3.57. The van der Waals surface area contributed by atoms with Gasteiger partial charge in [-0.1, -0.05) is 0 Å². The van der Waals surface area contributed by atoms with Gasteiger partial charge in [0.2, 0.25) is 0 Å². The largest absolute Gasteiger partial charge is 0.481 e. The molecule has 0 aliphatic rings. The van der Waals surface area contributed by atoms with Crippen molar-refractivity contribution in [2.24, 2.45) is 12.8 Å². The Hall–Kier alpha value is -1.95. The molecule has 1 atom stereocenters. The predicted molar refractivity (Wildman–Crippen MR) is 62.0 cm³/mol. The second-order valence-corrected chi connectivity index (χ2v) is 3.86. The molecule has 2 rings (SSSR count). The van der Waals surface area contributed by atoms with Crippen molar-refractivity contribution in [1.82, 2.24) is 9.78 Å². The quantitative estimate of drug-likeness (QED) is 0.903. The Morgan fingerprint density at radius 3 is 2.83 bits per heavy atom. The molecule has 6 heteroatoms. The third-order valence-corrected chi connectivity index (χ3v) is 2.47. The molecule has 1 heterocycles. The molecule has 0 aliphatic heterocycles. The summed E-state index contributed by atoms with van der Waals surface area (Å²) >= 11 is 0. The maximum Gasteiger partial charge on any atom is 0.165 e. The summed E-state index contributed by atoms with van der Waals surface area (Å²) in [5.41, 5.74) is 6.28. The second-order valence-electron chi connectivity index (χ2n) is 3.86. The molecular formula is C12H13F2N3O. The van der Waals surface area contributed by atoms with Crippen molar-refractivity contribution in [3.8, 4) is 5.75 Å². The first-order valence-corrected chi connectivity index (χ1v) is 5.40. The van der Waals surface area contributed by atoms with Gasteiger partial charge in [0.1, 0.15) is 11.9 Å². The van der Waals surface area contributed by atoms with Crippen molar-refractivity contribution in [1.29, 1.82) is 0 Å². The van der Waals surface area contributed by atoms with Crippen LogP contribution in [0.15, 0.2) is 30.6 Å². The van der Waals surface area contributed by atoms with E-state index in [-0.39, 0.29) is 12.3 Å². The molecule has 0 saturated carbocycles. The molecule has 0 saturated heterocycles. The normalized spacial score (nSPS) is 12.4. The first-order valence-electron chi connectivity index (χ1n) is 5.40. The molecule has 0 spiro atoms. The van der Waals surface area contributed by atoms with Crippen LogP contribution in [0.3, 0.4) is 0 Å². The Morgan fingerprint density at radius 1 is 1.44 bits per heavy atom. The summed E-state index contributed by atoms with van der Waals surface area (Å²) in [6.07, 6.45) is 2.73. The first kappa shape index (κ1) is 12.5. The number of nitrogens with two attached hydrogens (primary N) is 1. The third kappa shape index (κ3) is 2.65. The Labute approximate surface area is 103 Å². The van der Waals surface area contributed by atoms with Gasteiger partial charge in [-0.05, 0) is 12.1 Å². The van der Waals surface area contributed by atoms with E-state index in [2.05, 4.69) is 5.10 Å². The lowest BCUT2D eigenvalue weighted by Crippen LogP contribution is -2.18. The second kappa shape index (κ2) is 5.14. The molecule has 2 aromatic rings. The van der Waals surface area contributed by atoms with Crippen LogP contribution in [-0.4, -0.2) is 16.3 Å². The lowest BCUT2D eigenvalue weighted by Gasteiger charge is -2.16. The van der Waals surface area contributed by atoms with E-state index in [1.54, 1.807) is 24.1 Å². The Bertz CT molecular complexity index is 542. The van der Waals surface area contributed by atoms with Gasteiger partial charge in [-0.25, -0.2) is 8.78 Å². The van der Waals surface area contributed by atoms with Crippen LogP contribution in [0.4, 0.5) is 8.78 Å². The van der Waals surface area contributed by atoms with Crippen molar-refractivity contribution in [3.05, 3.63) is 47.8 Å². The minimum atomic E-state index is -0.626. The number of aryl methyl sites for hydroxylation is 1. The van der Waals surface area contributed by atoms with Crippen LogP contribution in [0, 0.1) is 11.6 Å².